The number of aliphatic hydroxyl groups is 1. The summed E-state index contributed by atoms with van der Waals surface area (Å²) in [5, 5.41) is 20.1. The zero-order valence-corrected chi connectivity index (χ0v) is 11.2. The van der Waals surface area contributed by atoms with Crippen LogP contribution in [0.2, 0.25) is 0 Å². The van der Waals surface area contributed by atoms with Crippen LogP contribution in [0.3, 0.4) is 0 Å². The van der Waals surface area contributed by atoms with Crippen LogP contribution in [0.5, 0.6) is 0 Å². The Kier molecular flexibility index (Phi) is 2.87. The molecule has 0 aromatic heterocycles. The van der Waals surface area contributed by atoms with Gasteiger partial charge in [-0.3, -0.25) is 4.79 Å². The van der Waals surface area contributed by atoms with Crippen LogP contribution in [0, 0.1) is 0 Å². The predicted octanol–water partition coefficient (Wildman–Crippen LogP) is 2.54. The van der Waals surface area contributed by atoms with Crippen LogP contribution >= 0.6 is 0 Å². The van der Waals surface area contributed by atoms with Crippen molar-refractivity contribution in [3.05, 3.63) is 71.3 Å². The van der Waals surface area contributed by atoms with Crippen LogP contribution in [0.4, 0.5) is 0 Å². The molecule has 0 radical (unpaired) electrons. The number of benzene rings is 2. The van der Waals surface area contributed by atoms with Crippen LogP contribution in [-0.2, 0) is 10.2 Å². The van der Waals surface area contributed by atoms with Gasteiger partial charge in [0.05, 0.1) is 6.10 Å². The minimum Gasteiger partial charge on any atom is -0.481 e. The van der Waals surface area contributed by atoms with Crippen molar-refractivity contribution in [2.45, 2.75) is 24.4 Å². The Morgan fingerprint density at radius 3 is 2.30 bits per heavy atom. The fraction of sp³-hybridized carbons (Fsp3) is 0.235. The molecule has 20 heavy (non-hydrogen) atoms. The van der Waals surface area contributed by atoms with E-state index in [9.17, 15) is 15.0 Å². The molecule has 2 aromatic rings. The summed E-state index contributed by atoms with van der Waals surface area (Å²) in [5.41, 5.74) is 1.84. The van der Waals surface area contributed by atoms with Crippen LogP contribution in [0.15, 0.2) is 54.6 Å². The van der Waals surface area contributed by atoms with Gasteiger partial charge in [0.15, 0.2) is 0 Å². The molecule has 1 aliphatic carbocycles. The summed E-state index contributed by atoms with van der Waals surface area (Å²) in [6.45, 7) is 1.91. The molecule has 3 heteroatoms. The van der Waals surface area contributed by atoms with Crippen molar-refractivity contribution in [3.8, 4) is 0 Å². The third-order valence-electron chi connectivity index (χ3n) is 4.40. The lowest BCUT2D eigenvalue weighted by Gasteiger charge is -2.31. The van der Waals surface area contributed by atoms with Gasteiger partial charge in [0.25, 0.3) is 0 Å². The van der Waals surface area contributed by atoms with E-state index < -0.39 is 23.4 Å². The van der Waals surface area contributed by atoms with E-state index in [-0.39, 0.29) is 0 Å². The molecule has 0 spiro atoms. The number of hydrogen-bond donors (Lipinski definition) is 2. The average molecular weight is 268 g/mol. The second-order valence-corrected chi connectivity index (χ2v) is 5.42. The van der Waals surface area contributed by atoms with Crippen molar-refractivity contribution in [2.75, 3.05) is 0 Å². The monoisotopic (exact) mass is 268 g/mol. The highest BCUT2D eigenvalue weighted by molar-refractivity contribution is 5.80. The number of aliphatic carboxylic acids is 1. The first-order valence-corrected chi connectivity index (χ1v) is 6.62. The van der Waals surface area contributed by atoms with E-state index in [1.807, 2.05) is 55.5 Å². The Morgan fingerprint density at radius 2 is 1.65 bits per heavy atom. The molecule has 0 fully saturated rings. The minimum absolute atomic E-state index is 0.694. The van der Waals surface area contributed by atoms with Gasteiger partial charge in [0, 0.05) is 5.41 Å². The van der Waals surface area contributed by atoms with E-state index in [1.54, 1.807) is 6.07 Å². The van der Waals surface area contributed by atoms with Crippen molar-refractivity contribution >= 4 is 5.97 Å². The third-order valence-corrected chi connectivity index (χ3v) is 4.40. The van der Waals surface area contributed by atoms with Gasteiger partial charge in [-0.05, 0) is 23.6 Å². The van der Waals surface area contributed by atoms with E-state index in [0.29, 0.717) is 5.56 Å². The van der Waals surface area contributed by atoms with Crippen LogP contribution < -0.4 is 0 Å². The molecule has 0 amide bonds. The highest BCUT2D eigenvalue weighted by Gasteiger charge is 2.52. The molecule has 0 heterocycles. The second-order valence-electron chi connectivity index (χ2n) is 5.42. The maximum atomic E-state index is 11.5. The van der Waals surface area contributed by atoms with Crippen molar-refractivity contribution in [3.63, 3.8) is 0 Å². The fourth-order valence-corrected chi connectivity index (χ4v) is 3.28. The van der Waals surface area contributed by atoms with Gasteiger partial charge in [-0.25, -0.2) is 0 Å². The maximum Gasteiger partial charge on any atom is 0.313 e. The zero-order valence-electron chi connectivity index (χ0n) is 11.2. The van der Waals surface area contributed by atoms with Crippen molar-refractivity contribution in [2.24, 2.45) is 0 Å². The fourth-order valence-electron chi connectivity index (χ4n) is 3.28. The topological polar surface area (TPSA) is 57.5 Å². The summed E-state index contributed by atoms with van der Waals surface area (Å²) < 4.78 is 0. The molecule has 3 nitrogen and oxygen atoms in total. The van der Waals surface area contributed by atoms with Gasteiger partial charge in [-0.15, -0.1) is 0 Å². The Hall–Kier alpha value is -2.13. The lowest BCUT2D eigenvalue weighted by atomic mass is 9.75. The Labute approximate surface area is 117 Å². The second kappa shape index (κ2) is 4.46. The highest BCUT2D eigenvalue weighted by Crippen LogP contribution is 2.49. The van der Waals surface area contributed by atoms with Crippen LogP contribution in [0.1, 0.15) is 29.5 Å². The van der Waals surface area contributed by atoms with Gasteiger partial charge in [-0.1, -0.05) is 54.6 Å². The first-order valence-electron chi connectivity index (χ1n) is 6.62. The molecule has 1 aliphatic rings. The smallest absolute Gasteiger partial charge is 0.313 e. The van der Waals surface area contributed by atoms with Crippen molar-refractivity contribution in [1.82, 2.24) is 0 Å². The Bertz CT molecular complexity index is 650. The molecule has 0 aliphatic heterocycles. The van der Waals surface area contributed by atoms with E-state index >= 15 is 0 Å². The molecular weight excluding hydrogens is 252 g/mol. The SMILES string of the molecule is C[C@]1(c2ccccc2)c2ccccc2C(C(=O)O)C1O. The number of carboxylic acids is 1. The molecule has 0 saturated carbocycles. The van der Waals surface area contributed by atoms with Gasteiger partial charge >= 0.3 is 5.97 Å². The van der Waals surface area contributed by atoms with Gasteiger partial charge < -0.3 is 10.2 Å². The van der Waals surface area contributed by atoms with Gasteiger partial charge in [-0.2, -0.15) is 0 Å². The molecule has 0 saturated heterocycles. The third kappa shape index (κ3) is 1.60. The summed E-state index contributed by atoms with van der Waals surface area (Å²) in [7, 11) is 0. The number of carbonyl (C=O) groups is 1. The number of carboxylic acid groups (broad SMARTS) is 1. The molecular formula is C17H16O3. The predicted molar refractivity (Wildman–Crippen MR) is 75.7 cm³/mol. The maximum absolute atomic E-state index is 11.5. The standard InChI is InChI=1S/C17H16O3/c1-17(11-7-3-2-4-8-11)13-10-6-5-9-12(13)14(15(17)18)16(19)20/h2-10,14-15,18H,1H3,(H,19,20)/t14?,15?,17-/m0/s1. The largest absolute Gasteiger partial charge is 0.481 e. The molecule has 2 aromatic carbocycles. The molecule has 102 valence electrons. The summed E-state index contributed by atoms with van der Waals surface area (Å²) in [6, 6.07) is 17.0. The van der Waals surface area contributed by atoms with E-state index in [1.165, 1.54) is 0 Å². The lowest BCUT2D eigenvalue weighted by Crippen LogP contribution is -2.37. The Morgan fingerprint density at radius 1 is 1.05 bits per heavy atom. The molecule has 3 atom stereocenters. The van der Waals surface area contributed by atoms with E-state index in [4.69, 9.17) is 0 Å². The van der Waals surface area contributed by atoms with Crippen LogP contribution in [0.25, 0.3) is 0 Å². The number of aliphatic hydroxyl groups excluding tert-OH is 1. The normalized spacial score (nSPS) is 28.1. The summed E-state index contributed by atoms with van der Waals surface area (Å²) in [5.74, 6) is -1.86. The van der Waals surface area contributed by atoms with Crippen LogP contribution in [-0.4, -0.2) is 22.3 Å². The first-order chi connectivity index (χ1) is 9.56. The summed E-state index contributed by atoms with van der Waals surface area (Å²) in [4.78, 5) is 11.5. The summed E-state index contributed by atoms with van der Waals surface area (Å²) >= 11 is 0. The number of hydrogen-bond acceptors (Lipinski definition) is 2. The summed E-state index contributed by atoms with van der Waals surface area (Å²) in [6.07, 6.45) is -0.972. The lowest BCUT2D eigenvalue weighted by molar-refractivity contribution is -0.141. The van der Waals surface area contributed by atoms with Crippen molar-refractivity contribution in [1.29, 1.82) is 0 Å². The zero-order chi connectivity index (χ0) is 14.3. The van der Waals surface area contributed by atoms with E-state index in [2.05, 4.69) is 0 Å². The van der Waals surface area contributed by atoms with E-state index in [0.717, 1.165) is 11.1 Å². The molecule has 3 rings (SSSR count). The Balaban J connectivity index is 2.25. The molecule has 2 N–H and O–H groups in total. The minimum atomic E-state index is -0.982. The quantitative estimate of drug-likeness (QED) is 0.880. The first kappa shape index (κ1) is 12.9. The number of fused-ring (bicyclic) bond motifs is 1. The van der Waals surface area contributed by atoms with Crippen molar-refractivity contribution < 1.29 is 15.0 Å². The average Bonchev–Trinajstić information content (AvgIpc) is 2.70. The molecule has 0 bridgehead atoms. The number of rotatable bonds is 2. The highest BCUT2D eigenvalue weighted by atomic mass is 16.4. The van der Waals surface area contributed by atoms with Gasteiger partial charge in [0.2, 0.25) is 0 Å². The molecule has 2 unspecified atom stereocenters. The van der Waals surface area contributed by atoms with Gasteiger partial charge in [0.1, 0.15) is 5.92 Å².